The summed E-state index contributed by atoms with van der Waals surface area (Å²) < 4.78 is 33.4. The summed E-state index contributed by atoms with van der Waals surface area (Å²) in [4.78, 5) is 0. The van der Waals surface area contributed by atoms with Crippen molar-refractivity contribution in [2.45, 2.75) is 13.2 Å². The van der Waals surface area contributed by atoms with Crippen LogP contribution in [-0.2, 0) is 0 Å². The summed E-state index contributed by atoms with van der Waals surface area (Å²) in [5, 5.41) is 0. The van der Waals surface area contributed by atoms with Crippen molar-refractivity contribution in [3.05, 3.63) is 23.8 Å². The molecule has 1 radical (unpaired) electrons. The van der Waals surface area contributed by atoms with Crippen LogP contribution in [0.3, 0.4) is 0 Å². The Morgan fingerprint density at radius 3 is 2.83 bits per heavy atom. The average molecular weight is 171 g/mol. The number of benzene rings is 1. The Balaban J connectivity index is 2.48. The van der Waals surface area contributed by atoms with Crippen molar-refractivity contribution in [3.8, 4) is 11.5 Å². The molecule has 2 rings (SSSR count). The molecule has 0 fully saturated rings. The molecule has 1 heterocycles. The maximum absolute atomic E-state index is 12.5. The lowest BCUT2D eigenvalue weighted by Crippen LogP contribution is -2.26. The highest BCUT2D eigenvalue weighted by atomic mass is 19.3. The van der Waals surface area contributed by atoms with Gasteiger partial charge in [-0.1, -0.05) is 6.07 Å². The molecule has 4 heteroatoms. The van der Waals surface area contributed by atoms with E-state index < -0.39 is 6.29 Å². The molecule has 0 atom stereocenters. The Bertz CT molecular complexity index is 323. The number of hydrogen-bond acceptors (Lipinski definition) is 2. The van der Waals surface area contributed by atoms with E-state index in [1.54, 1.807) is 6.92 Å². The Hall–Kier alpha value is -1.32. The van der Waals surface area contributed by atoms with Crippen LogP contribution in [-0.4, -0.2) is 6.29 Å². The molecule has 2 nitrogen and oxygen atoms in total. The van der Waals surface area contributed by atoms with Gasteiger partial charge in [-0.25, -0.2) is 0 Å². The largest absolute Gasteiger partial charge is 0.586 e. The molecule has 0 unspecified atom stereocenters. The highest BCUT2D eigenvalue weighted by Crippen LogP contribution is 2.42. The topological polar surface area (TPSA) is 18.5 Å². The number of hydrogen-bond donors (Lipinski definition) is 0. The Morgan fingerprint density at radius 1 is 1.42 bits per heavy atom. The monoisotopic (exact) mass is 171 g/mol. The van der Waals surface area contributed by atoms with Gasteiger partial charge in [-0.3, -0.25) is 0 Å². The molecular formula is C8H5F2O2. The number of ether oxygens (including phenoxy) is 2. The van der Waals surface area contributed by atoms with Gasteiger partial charge in [-0.2, -0.15) is 0 Å². The van der Waals surface area contributed by atoms with Crippen molar-refractivity contribution in [1.82, 2.24) is 0 Å². The molecule has 1 aromatic rings. The second-order valence-electron chi connectivity index (χ2n) is 2.46. The van der Waals surface area contributed by atoms with E-state index in [2.05, 4.69) is 15.5 Å². The molecule has 0 aliphatic carbocycles. The van der Waals surface area contributed by atoms with Crippen LogP contribution in [0.5, 0.6) is 11.5 Å². The van der Waals surface area contributed by atoms with Gasteiger partial charge >= 0.3 is 6.29 Å². The summed E-state index contributed by atoms with van der Waals surface area (Å²) in [7, 11) is 0. The second-order valence-corrected chi connectivity index (χ2v) is 2.46. The van der Waals surface area contributed by atoms with E-state index in [0.717, 1.165) is 0 Å². The van der Waals surface area contributed by atoms with Crippen molar-refractivity contribution in [3.63, 3.8) is 0 Å². The van der Waals surface area contributed by atoms with Crippen molar-refractivity contribution in [2.24, 2.45) is 0 Å². The zero-order valence-electron chi connectivity index (χ0n) is 6.23. The van der Waals surface area contributed by atoms with E-state index in [-0.39, 0.29) is 11.5 Å². The number of aryl methyl sites for hydroxylation is 1. The van der Waals surface area contributed by atoms with Gasteiger partial charge in [0.05, 0.1) is 0 Å². The van der Waals surface area contributed by atoms with Gasteiger partial charge in [-0.05, 0) is 19.1 Å². The van der Waals surface area contributed by atoms with Crippen molar-refractivity contribution in [2.75, 3.05) is 0 Å². The van der Waals surface area contributed by atoms with Crippen LogP contribution in [0.1, 0.15) is 5.56 Å². The fourth-order valence-corrected chi connectivity index (χ4v) is 1.04. The first-order valence-corrected chi connectivity index (χ1v) is 3.36. The zero-order valence-corrected chi connectivity index (χ0v) is 6.23. The van der Waals surface area contributed by atoms with Gasteiger partial charge in [-0.15, -0.1) is 8.78 Å². The highest BCUT2D eigenvalue weighted by molar-refractivity contribution is 5.47. The van der Waals surface area contributed by atoms with E-state index >= 15 is 0 Å². The molecule has 0 aromatic heterocycles. The number of rotatable bonds is 0. The maximum Gasteiger partial charge on any atom is 0.586 e. The standard InChI is InChI=1S/C8H5F2O2/c1-5-3-2-4-6-7(5)12-8(9,10)11-6/h2,4H,1H3. The third-order valence-corrected chi connectivity index (χ3v) is 1.55. The van der Waals surface area contributed by atoms with Crippen LogP contribution < -0.4 is 9.47 Å². The summed E-state index contributed by atoms with van der Waals surface area (Å²) in [5.74, 6) is 0.138. The smallest absolute Gasteiger partial charge is 0.395 e. The van der Waals surface area contributed by atoms with Crippen LogP contribution >= 0.6 is 0 Å². The fraction of sp³-hybridized carbons (Fsp3) is 0.250. The van der Waals surface area contributed by atoms with Gasteiger partial charge in [0.2, 0.25) is 0 Å². The van der Waals surface area contributed by atoms with E-state index in [1.165, 1.54) is 12.1 Å². The van der Waals surface area contributed by atoms with Crippen molar-refractivity contribution >= 4 is 0 Å². The third-order valence-electron chi connectivity index (χ3n) is 1.55. The Labute approximate surface area is 67.7 Å². The van der Waals surface area contributed by atoms with E-state index in [1.807, 2.05) is 0 Å². The molecule has 12 heavy (non-hydrogen) atoms. The quantitative estimate of drug-likeness (QED) is 0.595. The molecule has 0 saturated carbocycles. The minimum absolute atomic E-state index is 0.0660. The first-order chi connectivity index (χ1) is 5.58. The molecule has 0 saturated heterocycles. The lowest BCUT2D eigenvalue weighted by Gasteiger charge is -2.04. The number of alkyl halides is 2. The number of fused-ring (bicyclic) bond motifs is 1. The van der Waals surface area contributed by atoms with E-state index in [9.17, 15) is 8.78 Å². The van der Waals surface area contributed by atoms with Gasteiger partial charge in [0, 0.05) is 5.56 Å². The van der Waals surface area contributed by atoms with Gasteiger partial charge in [0.1, 0.15) is 0 Å². The molecule has 1 aliphatic heterocycles. The van der Waals surface area contributed by atoms with Crippen LogP contribution in [0.2, 0.25) is 0 Å². The van der Waals surface area contributed by atoms with Gasteiger partial charge < -0.3 is 9.47 Å². The maximum atomic E-state index is 12.5. The summed E-state index contributed by atoms with van der Waals surface area (Å²) in [6.07, 6.45) is -3.53. The van der Waals surface area contributed by atoms with E-state index in [0.29, 0.717) is 5.56 Å². The molecule has 0 N–H and O–H groups in total. The zero-order chi connectivity index (χ0) is 8.77. The second kappa shape index (κ2) is 2.09. The Kier molecular flexibility index (Phi) is 1.28. The summed E-state index contributed by atoms with van der Waals surface area (Å²) in [6.45, 7) is 1.63. The summed E-state index contributed by atoms with van der Waals surface area (Å²) in [5.41, 5.74) is 0.518. The van der Waals surface area contributed by atoms with Crippen LogP contribution in [0.25, 0.3) is 0 Å². The summed E-state index contributed by atoms with van der Waals surface area (Å²) >= 11 is 0. The predicted molar refractivity (Wildman–Crippen MR) is 36.2 cm³/mol. The molecule has 0 bridgehead atoms. The van der Waals surface area contributed by atoms with Gasteiger partial charge in [0.15, 0.2) is 11.5 Å². The van der Waals surface area contributed by atoms with Crippen LogP contribution in [0, 0.1) is 13.0 Å². The fourth-order valence-electron chi connectivity index (χ4n) is 1.04. The SMILES string of the molecule is Cc1[c]ccc2c1OC(F)(F)O2. The van der Waals surface area contributed by atoms with Gasteiger partial charge in [0.25, 0.3) is 0 Å². The molecule has 0 amide bonds. The van der Waals surface area contributed by atoms with Crippen molar-refractivity contribution < 1.29 is 18.3 Å². The lowest BCUT2D eigenvalue weighted by atomic mass is 10.2. The number of halogens is 2. The molecular weight excluding hydrogens is 166 g/mol. The molecule has 63 valence electrons. The average Bonchev–Trinajstić information content (AvgIpc) is 2.25. The normalized spacial score (nSPS) is 17.9. The first-order valence-electron chi connectivity index (χ1n) is 3.36. The highest BCUT2D eigenvalue weighted by Gasteiger charge is 2.43. The Morgan fingerprint density at radius 2 is 2.17 bits per heavy atom. The predicted octanol–water partition coefficient (Wildman–Crippen LogP) is 2.12. The van der Waals surface area contributed by atoms with Crippen molar-refractivity contribution in [1.29, 1.82) is 0 Å². The molecule has 1 aliphatic rings. The minimum Gasteiger partial charge on any atom is -0.395 e. The summed E-state index contributed by atoms with van der Waals surface area (Å²) in [6, 6.07) is 5.64. The van der Waals surface area contributed by atoms with E-state index in [4.69, 9.17) is 0 Å². The lowest BCUT2D eigenvalue weighted by molar-refractivity contribution is -0.286. The third kappa shape index (κ3) is 0.995. The van der Waals surface area contributed by atoms with Crippen LogP contribution in [0.15, 0.2) is 12.1 Å². The first kappa shape index (κ1) is 7.34. The van der Waals surface area contributed by atoms with Crippen LogP contribution in [0.4, 0.5) is 8.78 Å². The molecule has 0 spiro atoms. The minimum atomic E-state index is -3.53. The molecule has 1 aromatic carbocycles.